The molecular formula is C20H21N7O3S. The summed E-state index contributed by atoms with van der Waals surface area (Å²) in [7, 11) is 3.64. The van der Waals surface area contributed by atoms with Crippen molar-refractivity contribution in [3.05, 3.63) is 59.7 Å². The van der Waals surface area contributed by atoms with Gasteiger partial charge in [0.2, 0.25) is 11.7 Å². The highest BCUT2D eigenvalue weighted by Gasteiger charge is 2.16. The van der Waals surface area contributed by atoms with Crippen LogP contribution in [0.3, 0.4) is 0 Å². The van der Waals surface area contributed by atoms with Gasteiger partial charge in [0.1, 0.15) is 0 Å². The van der Waals surface area contributed by atoms with Crippen molar-refractivity contribution in [2.24, 2.45) is 0 Å². The molecule has 4 rings (SSSR count). The van der Waals surface area contributed by atoms with Crippen LogP contribution in [0.5, 0.6) is 0 Å². The van der Waals surface area contributed by atoms with Crippen molar-refractivity contribution in [2.45, 2.75) is 13.8 Å². The van der Waals surface area contributed by atoms with Crippen molar-refractivity contribution in [2.75, 3.05) is 23.9 Å². The lowest BCUT2D eigenvalue weighted by Crippen LogP contribution is -2.16. The first-order chi connectivity index (χ1) is 14.8. The number of amides is 1. The third-order valence-electron chi connectivity index (χ3n) is 4.48. The molecule has 11 heteroatoms. The van der Waals surface area contributed by atoms with E-state index in [0.29, 0.717) is 34.2 Å². The first kappa shape index (κ1) is 20.8. The molecule has 4 aromatic rings. The Bertz CT molecular complexity index is 1250. The number of aromatic nitrogens is 4. The molecule has 0 aliphatic carbocycles. The fourth-order valence-corrected chi connectivity index (χ4v) is 3.48. The van der Waals surface area contributed by atoms with Gasteiger partial charge < -0.3 is 9.84 Å². The number of hydrogen-bond acceptors (Lipinski definition) is 9. The lowest BCUT2D eigenvalue weighted by molar-refractivity contribution is 0.102. The fourth-order valence-electron chi connectivity index (χ4n) is 2.97. The van der Waals surface area contributed by atoms with E-state index in [2.05, 4.69) is 20.6 Å². The zero-order valence-electron chi connectivity index (χ0n) is 17.4. The molecule has 1 amide bonds. The molecule has 31 heavy (non-hydrogen) atoms. The van der Waals surface area contributed by atoms with Gasteiger partial charge in [0.15, 0.2) is 0 Å². The Kier molecular flexibility index (Phi) is 5.63. The summed E-state index contributed by atoms with van der Waals surface area (Å²) in [5.74, 6) is 0.633. The molecule has 160 valence electrons. The van der Waals surface area contributed by atoms with Crippen molar-refractivity contribution in [3.8, 4) is 11.4 Å². The van der Waals surface area contributed by atoms with Crippen LogP contribution in [0.2, 0.25) is 0 Å². The van der Waals surface area contributed by atoms with Gasteiger partial charge in [0.05, 0.1) is 41.3 Å². The summed E-state index contributed by atoms with van der Waals surface area (Å²) in [5.41, 5.74) is 3.84. The number of nitrogens with zero attached hydrogens (tertiary/aromatic N) is 6. The number of aryl methyl sites for hydroxylation is 2. The Morgan fingerprint density at radius 3 is 2.74 bits per heavy atom. The second-order valence-electron chi connectivity index (χ2n) is 7.06. The maximum Gasteiger partial charge on any atom is 0.259 e. The van der Waals surface area contributed by atoms with Gasteiger partial charge in [-0.3, -0.25) is 10.0 Å². The first-order valence-electron chi connectivity index (χ1n) is 9.36. The van der Waals surface area contributed by atoms with E-state index in [-0.39, 0.29) is 5.91 Å². The summed E-state index contributed by atoms with van der Waals surface area (Å²) in [6.07, 6.45) is 3.14. The highest BCUT2D eigenvalue weighted by molar-refractivity contribution is 7.98. The maximum atomic E-state index is 13.0. The number of carbonyl (C=O) groups excluding carboxylic acids is 1. The first-order valence-corrected chi connectivity index (χ1v) is 10.1. The minimum absolute atomic E-state index is 0.296. The number of anilines is 2. The summed E-state index contributed by atoms with van der Waals surface area (Å²) in [4.78, 5) is 17.2. The third kappa shape index (κ3) is 4.38. The predicted molar refractivity (Wildman–Crippen MR) is 118 cm³/mol. The second kappa shape index (κ2) is 8.38. The molecule has 3 heterocycles. The number of benzene rings is 1. The molecule has 0 radical (unpaired) electrons. The molecule has 0 bridgehead atoms. The van der Waals surface area contributed by atoms with Crippen LogP contribution < -0.4 is 9.79 Å². The van der Waals surface area contributed by atoms with E-state index < -0.39 is 0 Å². The van der Waals surface area contributed by atoms with Gasteiger partial charge in [-0.1, -0.05) is 17.3 Å². The van der Waals surface area contributed by atoms with Crippen molar-refractivity contribution < 1.29 is 14.5 Å². The number of rotatable bonds is 6. The Morgan fingerprint density at radius 1 is 1.23 bits per heavy atom. The van der Waals surface area contributed by atoms with Crippen molar-refractivity contribution in [1.29, 1.82) is 0 Å². The number of pyridine rings is 1. The fraction of sp³-hybridized carbons (Fsp3) is 0.200. The summed E-state index contributed by atoms with van der Waals surface area (Å²) in [6.45, 7) is 3.63. The van der Waals surface area contributed by atoms with E-state index in [9.17, 15) is 10.0 Å². The predicted octanol–water partition coefficient (Wildman–Crippen LogP) is 3.57. The average Bonchev–Trinajstić information content (AvgIpc) is 3.34. The second-order valence-corrected chi connectivity index (χ2v) is 8.30. The quantitative estimate of drug-likeness (QED) is 0.344. The highest BCUT2D eigenvalue weighted by Crippen LogP contribution is 2.26. The van der Waals surface area contributed by atoms with E-state index in [0.717, 1.165) is 27.7 Å². The Hall–Kier alpha value is -3.41. The largest absolute Gasteiger partial charge is 0.339 e. The Labute approximate surface area is 182 Å². The minimum Gasteiger partial charge on any atom is -0.339 e. The van der Waals surface area contributed by atoms with E-state index in [1.165, 1.54) is 6.20 Å². The van der Waals surface area contributed by atoms with Crippen LogP contribution >= 0.6 is 12.1 Å². The molecule has 0 spiro atoms. The molecule has 0 unspecified atom stereocenters. The van der Waals surface area contributed by atoms with Gasteiger partial charge in [0, 0.05) is 18.2 Å². The van der Waals surface area contributed by atoms with Crippen LogP contribution in [0.25, 0.3) is 16.9 Å². The zero-order chi connectivity index (χ0) is 22.1. The van der Waals surface area contributed by atoms with Gasteiger partial charge in [-0.15, -0.1) is 0 Å². The normalized spacial score (nSPS) is 11.3. The smallest absolute Gasteiger partial charge is 0.259 e. The topological polar surface area (TPSA) is 112 Å². The average molecular weight is 440 g/mol. The van der Waals surface area contributed by atoms with Crippen molar-refractivity contribution in [1.82, 2.24) is 24.1 Å². The van der Waals surface area contributed by atoms with Crippen LogP contribution in [0.1, 0.15) is 21.8 Å². The molecule has 1 aromatic carbocycles. The number of nitrogens with one attached hydrogen (secondary N) is 1. The van der Waals surface area contributed by atoms with Gasteiger partial charge in [-0.05, 0) is 44.8 Å². The Morgan fingerprint density at radius 2 is 2.03 bits per heavy atom. The van der Waals surface area contributed by atoms with E-state index >= 15 is 0 Å². The Balaban J connectivity index is 1.59. The summed E-state index contributed by atoms with van der Waals surface area (Å²) in [5, 5.41) is 21.2. The van der Waals surface area contributed by atoms with Gasteiger partial charge >= 0.3 is 0 Å². The number of hydrogen-bond donors (Lipinski definition) is 2. The lowest BCUT2D eigenvalue weighted by atomic mass is 10.1. The van der Waals surface area contributed by atoms with E-state index in [1.54, 1.807) is 34.1 Å². The molecule has 0 aliphatic heterocycles. The molecule has 2 N–H and O–H groups in total. The van der Waals surface area contributed by atoms with Gasteiger partial charge in [-0.25, -0.2) is 8.82 Å². The molecule has 10 nitrogen and oxygen atoms in total. The van der Waals surface area contributed by atoms with Crippen LogP contribution in [0.4, 0.5) is 11.4 Å². The molecule has 0 fully saturated rings. The van der Waals surface area contributed by atoms with Crippen LogP contribution in [0.15, 0.2) is 47.2 Å². The highest BCUT2D eigenvalue weighted by atomic mass is 32.2. The standard InChI is InChI=1S/C20H21N7O3S/c1-12-5-6-14(19-22-13(2)30-24-19)9-17(12)23-20(28)16-10-21-26-11-15(7-8-18(16)26)27(29)31-25(3)4/h5-11,29H,1-4H3,(H,23,28). The summed E-state index contributed by atoms with van der Waals surface area (Å²) in [6, 6.07) is 9.02. The monoisotopic (exact) mass is 439 g/mol. The summed E-state index contributed by atoms with van der Waals surface area (Å²) < 4.78 is 9.36. The van der Waals surface area contributed by atoms with Crippen molar-refractivity contribution in [3.63, 3.8) is 0 Å². The molecule has 0 aliphatic rings. The van der Waals surface area contributed by atoms with Crippen LogP contribution in [0, 0.1) is 13.8 Å². The SMILES string of the molecule is Cc1nc(-c2ccc(C)c(NC(=O)c3cnn4cc(N(O)SN(C)C)ccc34)c2)no1. The molecule has 3 aromatic heterocycles. The lowest BCUT2D eigenvalue weighted by Gasteiger charge is -2.18. The molecular weight excluding hydrogens is 418 g/mol. The van der Waals surface area contributed by atoms with Crippen LogP contribution in [-0.4, -0.2) is 49.3 Å². The molecule has 0 saturated heterocycles. The molecule has 0 atom stereocenters. The van der Waals surface area contributed by atoms with E-state index in [4.69, 9.17) is 4.52 Å². The van der Waals surface area contributed by atoms with Crippen LogP contribution in [-0.2, 0) is 0 Å². The van der Waals surface area contributed by atoms with E-state index in [1.807, 2.05) is 39.2 Å². The molecule has 0 saturated carbocycles. The van der Waals surface area contributed by atoms with Gasteiger partial charge in [-0.2, -0.15) is 14.6 Å². The van der Waals surface area contributed by atoms with Crippen molar-refractivity contribution >= 4 is 34.9 Å². The summed E-state index contributed by atoms with van der Waals surface area (Å²) >= 11 is 1.12. The maximum absolute atomic E-state index is 13.0. The van der Waals surface area contributed by atoms with Gasteiger partial charge in [0.25, 0.3) is 5.91 Å². The minimum atomic E-state index is -0.296. The zero-order valence-corrected chi connectivity index (χ0v) is 18.2. The number of fused-ring (bicyclic) bond motifs is 1. The third-order valence-corrected chi connectivity index (χ3v) is 5.17. The number of carbonyl (C=O) groups is 1.